The highest BCUT2D eigenvalue weighted by Gasteiger charge is 2.35. The number of ether oxygens (including phenoxy) is 1. The zero-order valence-corrected chi connectivity index (χ0v) is 16.6. The van der Waals surface area contributed by atoms with Gasteiger partial charge in [0, 0.05) is 23.2 Å². The number of carbonyl (C=O) groups is 1. The summed E-state index contributed by atoms with van der Waals surface area (Å²) >= 11 is 0. The molecule has 0 aliphatic heterocycles. The first-order chi connectivity index (χ1) is 13.5. The van der Waals surface area contributed by atoms with E-state index in [0.717, 1.165) is 16.9 Å². The normalized spacial score (nSPS) is 13.5. The Bertz CT molecular complexity index is 1020. The van der Waals surface area contributed by atoms with E-state index in [1.54, 1.807) is 0 Å². The molecular formula is C25H25NO2. The average molecular weight is 371 g/mol. The van der Waals surface area contributed by atoms with Gasteiger partial charge in [0.1, 0.15) is 0 Å². The number of rotatable bonds is 5. The lowest BCUT2D eigenvalue weighted by Gasteiger charge is -2.22. The lowest BCUT2D eigenvalue weighted by Crippen LogP contribution is -2.15. The van der Waals surface area contributed by atoms with Crippen molar-refractivity contribution in [2.45, 2.75) is 32.1 Å². The van der Waals surface area contributed by atoms with Crippen LogP contribution in [0, 0.1) is 0 Å². The van der Waals surface area contributed by atoms with Crippen molar-refractivity contribution in [1.82, 2.24) is 0 Å². The van der Waals surface area contributed by atoms with Crippen molar-refractivity contribution >= 4 is 17.3 Å². The Morgan fingerprint density at radius 3 is 2.32 bits per heavy atom. The second-order valence-electron chi connectivity index (χ2n) is 7.83. The van der Waals surface area contributed by atoms with E-state index >= 15 is 0 Å². The van der Waals surface area contributed by atoms with Crippen LogP contribution < -0.4 is 5.32 Å². The number of carbonyl (C=O) groups excluding carboxylic acids is 1. The molecule has 1 aliphatic carbocycles. The van der Waals surface area contributed by atoms with E-state index in [9.17, 15) is 4.79 Å². The molecule has 28 heavy (non-hydrogen) atoms. The molecule has 3 aromatic carbocycles. The van der Waals surface area contributed by atoms with Crippen molar-refractivity contribution in [3.63, 3.8) is 0 Å². The van der Waals surface area contributed by atoms with E-state index < -0.39 is 0 Å². The Labute approximate surface area is 166 Å². The van der Waals surface area contributed by atoms with Crippen LogP contribution in [0.25, 0.3) is 11.1 Å². The van der Waals surface area contributed by atoms with Gasteiger partial charge < -0.3 is 10.1 Å². The lowest BCUT2D eigenvalue weighted by atomic mass is 9.82. The number of benzene rings is 3. The maximum absolute atomic E-state index is 11.3. The summed E-state index contributed by atoms with van der Waals surface area (Å²) in [6.45, 7) is 4.58. The standard InChI is InChI=1S/C25H25NO2/c1-25(2)22-7-5-4-6-20(22)21-14-13-19(16-23(21)25)26-18-11-8-17(9-12-18)10-15-24(27)28-3/h4-9,11-14,16,26H,10,15H2,1-3H3. The summed E-state index contributed by atoms with van der Waals surface area (Å²) < 4.78 is 4.70. The van der Waals surface area contributed by atoms with Gasteiger partial charge in [-0.2, -0.15) is 0 Å². The number of nitrogens with one attached hydrogen (secondary N) is 1. The van der Waals surface area contributed by atoms with Crippen LogP contribution in [-0.2, 0) is 21.4 Å². The molecule has 0 saturated carbocycles. The van der Waals surface area contributed by atoms with E-state index in [1.165, 1.54) is 29.4 Å². The molecule has 3 aromatic rings. The third-order valence-corrected chi connectivity index (χ3v) is 5.67. The quantitative estimate of drug-likeness (QED) is 0.572. The number of hydrogen-bond acceptors (Lipinski definition) is 3. The van der Waals surface area contributed by atoms with Crippen molar-refractivity contribution in [2.24, 2.45) is 0 Å². The van der Waals surface area contributed by atoms with Gasteiger partial charge in [0.05, 0.1) is 7.11 Å². The van der Waals surface area contributed by atoms with E-state index in [1.807, 2.05) is 0 Å². The van der Waals surface area contributed by atoms with E-state index in [4.69, 9.17) is 4.74 Å². The van der Waals surface area contributed by atoms with Crippen LogP contribution in [0.1, 0.15) is 37.0 Å². The third-order valence-electron chi connectivity index (χ3n) is 5.67. The first kappa shape index (κ1) is 18.3. The van der Waals surface area contributed by atoms with E-state index in [2.05, 4.69) is 85.9 Å². The molecule has 3 nitrogen and oxygen atoms in total. The molecule has 0 spiro atoms. The average Bonchev–Trinajstić information content (AvgIpc) is 2.94. The Balaban J connectivity index is 1.53. The summed E-state index contributed by atoms with van der Waals surface area (Å²) in [5.41, 5.74) is 8.65. The van der Waals surface area contributed by atoms with Gasteiger partial charge in [-0.15, -0.1) is 0 Å². The number of fused-ring (bicyclic) bond motifs is 3. The van der Waals surface area contributed by atoms with Gasteiger partial charge in [0.2, 0.25) is 0 Å². The second kappa shape index (κ2) is 7.16. The predicted octanol–water partition coefficient (Wildman–Crippen LogP) is 5.84. The van der Waals surface area contributed by atoms with Crippen LogP contribution in [-0.4, -0.2) is 13.1 Å². The third kappa shape index (κ3) is 3.29. The zero-order chi connectivity index (χ0) is 19.7. The van der Waals surface area contributed by atoms with Crippen molar-refractivity contribution in [1.29, 1.82) is 0 Å². The minimum atomic E-state index is -0.177. The predicted molar refractivity (Wildman–Crippen MR) is 114 cm³/mol. The van der Waals surface area contributed by atoms with E-state index in [0.29, 0.717) is 12.8 Å². The smallest absolute Gasteiger partial charge is 0.305 e. The molecule has 3 heteroatoms. The summed E-state index contributed by atoms with van der Waals surface area (Å²) in [6.07, 6.45) is 1.10. The van der Waals surface area contributed by atoms with Gasteiger partial charge in [-0.25, -0.2) is 0 Å². The van der Waals surface area contributed by atoms with Gasteiger partial charge >= 0.3 is 5.97 Å². The number of aryl methyl sites for hydroxylation is 1. The van der Waals surface area contributed by atoms with Crippen LogP contribution in [0.15, 0.2) is 66.7 Å². The first-order valence-corrected chi connectivity index (χ1v) is 9.66. The molecule has 0 unspecified atom stereocenters. The zero-order valence-electron chi connectivity index (χ0n) is 16.6. The fourth-order valence-electron chi connectivity index (χ4n) is 4.05. The minimum Gasteiger partial charge on any atom is -0.469 e. The molecule has 0 amide bonds. The van der Waals surface area contributed by atoms with Crippen LogP contribution >= 0.6 is 0 Å². The molecule has 1 aliphatic rings. The minimum absolute atomic E-state index is 0.00135. The second-order valence-corrected chi connectivity index (χ2v) is 7.83. The molecule has 0 radical (unpaired) electrons. The van der Waals surface area contributed by atoms with Crippen LogP contribution in [0.4, 0.5) is 11.4 Å². The number of methoxy groups -OCH3 is 1. The Hall–Kier alpha value is -3.07. The number of anilines is 2. The SMILES string of the molecule is COC(=O)CCc1ccc(Nc2ccc3c(c2)C(C)(C)c2ccccc2-3)cc1. The largest absolute Gasteiger partial charge is 0.469 e. The lowest BCUT2D eigenvalue weighted by molar-refractivity contribution is -0.140. The molecule has 0 bridgehead atoms. The molecular weight excluding hydrogens is 346 g/mol. The van der Waals surface area contributed by atoms with Crippen LogP contribution in [0.3, 0.4) is 0 Å². The summed E-state index contributed by atoms with van der Waals surface area (Å²) in [4.78, 5) is 11.3. The van der Waals surface area contributed by atoms with Crippen molar-refractivity contribution in [2.75, 3.05) is 12.4 Å². The molecule has 142 valence electrons. The van der Waals surface area contributed by atoms with Crippen molar-refractivity contribution in [3.8, 4) is 11.1 Å². The first-order valence-electron chi connectivity index (χ1n) is 9.66. The molecule has 0 fully saturated rings. The van der Waals surface area contributed by atoms with Crippen LogP contribution in [0.5, 0.6) is 0 Å². The fourth-order valence-corrected chi connectivity index (χ4v) is 4.05. The Morgan fingerprint density at radius 1 is 0.893 bits per heavy atom. The number of hydrogen-bond donors (Lipinski definition) is 1. The molecule has 4 rings (SSSR count). The highest BCUT2D eigenvalue weighted by Crippen LogP contribution is 2.49. The van der Waals surface area contributed by atoms with Crippen molar-refractivity contribution < 1.29 is 9.53 Å². The van der Waals surface area contributed by atoms with E-state index in [-0.39, 0.29) is 11.4 Å². The van der Waals surface area contributed by atoms with Gasteiger partial charge in [0.25, 0.3) is 0 Å². The van der Waals surface area contributed by atoms with Crippen LogP contribution in [0.2, 0.25) is 0 Å². The number of esters is 1. The fraction of sp³-hybridized carbons (Fsp3) is 0.240. The highest BCUT2D eigenvalue weighted by molar-refractivity contribution is 5.82. The molecule has 0 heterocycles. The molecule has 0 atom stereocenters. The summed E-state index contributed by atoms with van der Waals surface area (Å²) in [7, 11) is 1.42. The summed E-state index contributed by atoms with van der Waals surface area (Å²) in [5, 5.41) is 3.51. The van der Waals surface area contributed by atoms with Crippen molar-refractivity contribution in [3.05, 3.63) is 83.4 Å². The maximum Gasteiger partial charge on any atom is 0.305 e. The summed E-state index contributed by atoms with van der Waals surface area (Å²) in [6, 6.07) is 23.5. The van der Waals surface area contributed by atoms with Gasteiger partial charge in [-0.3, -0.25) is 4.79 Å². The molecule has 1 N–H and O–H groups in total. The van der Waals surface area contributed by atoms with Gasteiger partial charge in [-0.1, -0.05) is 56.3 Å². The molecule has 0 aromatic heterocycles. The van der Waals surface area contributed by atoms with Gasteiger partial charge in [-0.05, 0) is 58.5 Å². The Kier molecular flexibility index (Phi) is 4.68. The molecule has 0 saturated heterocycles. The highest BCUT2D eigenvalue weighted by atomic mass is 16.5. The Morgan fingerprint density at radius 2 is 1.57 bits per heavy atom. The monoisotopic (exact) mass is 371 g/mol. The van der Waals surface area contributed by atoms with Gasteiger partial charge in [0.15, 0.2) is 0 Å². The topological polar surface area (TPSA) is 38.3 Å². The maximum atomic E-state index is 11.3. The summed E-state index contributed by atoms with van der Waals surface area (Å²) in [5.74, 6) is -0.177.